The lowest BCUT2D eigenvalue weighted by molar-refractivity contribution is -0.131. The maximum atomic E-state index is 13.6. The smallest absolute Gasteiger partial charge is 0.220 e. The number of hydrogen-bond acceptors (Lipinski definition) is 4. The third kappa shape index (κ3) is 9.31. The zero-order valence-corrected chi connectivity index (χ0v) is 24.7. The molecule has 0 aromatic carbocycles. The van der Waals surface area contributed by atoms with E-state index in [0.717, 1.165) is 87.6 Å². The lowest BCUT2D eigenvalue weighted by Crippen LogP contribution is -2.51. The van der Waals surface area contributed by atoms with Gasteiger partial charge < -0.3 is 10.4 Å². The topological polar surface area (TPSA) is 84.2 Å². The molecule has 1 amide bonds. The second-order valence-electron chi connectivity index (χ2n) is 11.5. The summed E-state index contributed by atoms with van der Waals surface area (Å²) in [6.07, 6.45) is 19.9. The molecule has 2 heterocycles. The number of unbranched alkanes of at least 4 members (excludes halogenated alkanes) is 1. The van der Waals surface area contributed by atoms with Crippen molar-refractivity contribution in [3.05, 3.63) is 65.2 Å². The van der Waals surface area contributed by atoms with Gasteiger partial charge in [-0.1, -0.05) is 55.2 Å². The number of carbonyl (C=O) groups is 2. The Morgan fingerprint density at radius 1 is 1.12 bits per heavy atom. The fourth-order valence-electron chi connectivity index (χ4n) is 6.21. The number of carbonyl (C=O) groups excluding carboxylic acids is 2. The number of nitrogens with zero attached hydrogens (tertiary/aromatic N) is 2. The molecule has 0 spiro atoms. The maximum Gasteiger partial charge on any atom is 0.220 e. The second kappa shape index (κ2) is 16.3. The van der Waals surface area contributed by atoms with Crippen LogP contribution in [0, 0.1) is 12.8 Å². The summed E-state index contributed by atoms with van der Waals surface area (Å²) in [5, 5.41) is 18.8. The van der Waals surface area contributed by atoms with Crippen LogP contribution in [-0.4, -0.2) is 38.7 Å². The Bertz CT molecular complexity index is 1130. The Morgan fingerprint density at radius 2 is 1.85 bits per heavy atom. The molecule has 0 radical (unpaired) electrons. The Morgan fingerprint density at radius 3 is 2.58 bits per heavy atom. The van der Waals surface area contributed by atoms with E-state index in [9.17, 15) is 14.7 Å². The number of nitrogens with one attached hydrogen (secondary N) is 1. The van der Waals surface area contributed by atoms with Crippen molar-refractivity contribution in [1.29, 1.82) is 0 Å². The van der Waals surface area contributed by atoms with Gasteiger partial charge in [-0.25, -0.2) is 0 Å². The van der Waals surface area contributed by atoms with E-state index in [0.29, 0.717) is 12.8 Å². The Kier molecular flexibility index (Phi) is 12.9. The number of rotatable bonds is 10. The van der Waals surface area contributed by atoms with Gasteiger partial charge in [-0.15, -0.1) is 12.3 Å². The van der Waals surface area contributed by atoms with E-state index in [4.69, 9.17) is 0 Å². The van der Waals surface area contributed by atoms with Gasteiger partial charge in [-0.3, -0.25) is 14.3 Å². The van der Waals surface area contributed by atoms with Gasteiger partial charge in [-0.05, 0) is 77.0 Å². The first-order chi connectivity index (χ1) is 19.3. The molecule has 0 unspecified atom stereocenters. The van der Waals surface area contributed by atoms with Crippen LogP contribution in [0.15, 0.2) is 48.3 Å². The van der Waals surface area contributed by atoms with E-state index < -0.39 is 12.1 Å². The largest absolute Gasteiger partial charge is 0.390 e. The van der Waals surface area contributed by atoms with Crippen LogP contribution < -0.4 is 5.32 Å². The van der Waals surface area contributed by atoms with E-state index in [1.165, 1.54) is 17.6 Å². The zero-order valence-electron chi connectivity index (χ0n) is 24.7. The predicted molar refractivity (Wildman–Crippen MR) is 163 cm³/mol. The van der Waals surface area contributed by atoms with Crippen LogP contribution in [0.3, 0.4) is 0 Å². The molecule has 6 heteroatoms. The van der Waals surface area contributed by atoms with E-state index in [-0.39, 0.29) is 24.0 Å². The van der Waals surface area contributed by atoms with Gasteiger partial charge in [0.25, 0.3) is 0 Å². The van der Waals surface area contributed by atoms with Crippen LogP contribution in [0.2, 0.25) is 0 Å². The number of aliphatic hydroxyl groups excluding tert-OH is 1. The third-order valence-corrected chi connectivity index (χ3v) is 8.48. The number of amides is 1. The molecule has 2 aliphatic rings. The molecule has 6 nitrogen and oxygen atoms in total. The summed E-state index contributed by atoms with van der Waals surface area (Å²) in [5.41, 5.74) is 8.54. The molecule has 1 aromatic rings. The van der Waals surface area contributed by atoms with Gasteiger partial charge in [0.1, 0.15) is 6.04 Å². The highest BCUT2D eigenvalue weighted by molar-refractivity contribution is 5.91. The highest BCUT2D eigenvalue weighted by Crippen LogP contribution is 2.29. The number of Topliss-reactive ketones (excluding diaryl/α,β-unsaturated/α-hetero) is 1. The van der Waals surface area contributed by atoms with E-state index >= 15 is 0 Å². The molecular formula is C34H49N3O3. The molecule has 40 heavy (non-hydrogen) atoms. The van der Waals surface area contributed by atoms with Crippen molar-refractivity contribution in [2.45, 2.75) is 115 Å². The summed E-state index contributed by atoms with van der Waals surface area (Å²) >= 11 is 0. The normalized spacial score (nSPS) is 23.2. The lowest BCUT2D eigenvalue weighted by Gasteiger charge is -2.32. The lowest BCUT2D eigenvalue weighted by atomic mass is 9.81. The standard InChI is InChI=1S/C34H49N3O3/c1-5-7-9-15-27-18-12-16-26(22-23-29-25(3)36-37(4)30(29)14-6-2)17-13-21-32(39)35-33(31(38)24-27)34(40)28-19-10-8-11-20-28/h5,14,17-18,28,33-34,40H,1-2,7-13,15-16,19-24H2,3-4H3,(H,35,39)/b26-17+,27-18+/t33-,34+/m0/s1. The van der Waals surface area contributed by atoms with Gasteiger partial charge in [0.05, 0.1) is 17.5 Å². The van der Waals surface area contributed by atoms with Crippen LogP contribution in [0.4, 0.5) is 0 Å². The van der Waals surface area contributed by atoms with Gasteiger partial charge in [0.2, 0.25) is 5.91 Å². The molecule has 218 valence electrons. The average Bonchev–Trinajstić information content (AvgIpc) is 3.21. The summed E-state index contributed by atoms with van der Waals surface area (Å²) in [7, 11) is 1.94. The SMILES string of the molecule is C=C=Cc1c(CC/C2=C/CCC(=O)N[C@H]([C@H](O)C3CCCCC3)C(=O)C/C(CCCC=C)=C/CC2)c(C)nn1C. The van der Waals surface area contributed by atoms with E-state index in [2.05, 4.69) is 41.5 Å². The maximum absolute atomic E-state index is 13.6. The molecule has 2 atom stereocenters. The Balaban J connectivity index is 1.80. The molecule has 0 bridgehead atoms. The predicted octanol–water partition coefficient (Wildman–Crippen LogP) is 6.63. The second-order valence-corrected chi connectivity index (χ2v) is 11.5. The number of aryl methyl sites for hydroxylation is 2. The highest BCUT2D eigenvalue weighted by atomic mass is 16.3. The fourth-order valence-corrected chi connectivity index (χ4v) is 6.21. The van der Waals surface area contributed by atoms with Crippen molar-refractivity contribution in [3.8, 4) is 0 Å². The monoisotopic (exact) mass is 547 g/mol. The molecule has 3 rings (SSSR count). The van der Waals surface area contributed by atoms with Crippen molar-refractivity contribution >= 4 is 17.8 Å². The van der Waals surface area contributed by atoms with Crippen molar-refractivity contribution in [2.24, 2.45) is 13.0 Å². The first-order valence-electron chi connectivity index (χ1n) is 15.2. The van der Waals surface area contributed by atoms with Crippen molar-refractivity contribution in [3.63, 3.8) is 0 Å². The number of allylic oxidation sites excluding steroid dienone is 5. The number of aliphatic hydroxyl groups is 1. The first kappa shape index (κ1) is 31.6. The number of ketones is 1. The van der Waals surface area contributed by atoms with Crippen molar-refractivity contribution in [2.75, 3.05) is 0 Å². The summed E-state index contributed by atoms with van der Waals surface area (Å²) in [6, 6.07) is -0.840. The minimum atomic E-state index is -0.840. The van der Waals surface area contributed by atoms with Crippen LogP contribution in [0.25, 0.3) is 6.08 Å². The van der Waals surface area contributed by atoms with Gasteiger partial charge >= 0.3 is 0 Å². The quantitative estimate of drug-likeness (QED) is 0.196. The molecule has 0 saturated heterocycles. The summed E-state index contributed by atoms with van der Waals surface area (Å²) < 4.78 is 1.87. The van der Waals surface area contributed by atoms with Crippen LogP contribution in [-0.2, 0) is 23.1 Å². The summed E-state index contributed by atoms with van der Waals surface area (Å²) in [5.74, 6) is -0.171. The first-order valence-corrected chi connectivity index (χ1v) is 15.2. The molecule has 1 aliphatic carbocycles. The third-order valence-electron chi connectivity index (χ3n) is 8.48. The van der Waals surface area contributed by atoms with Gasteiger partial charge in [0, 0.05) is 31.5 Å². The fraction of sp³-hybridized carbons (Fsp3) is 0.588. The van der Waals surface area contributed by atoms with E-state index in [1.54, 1.807) is 0 Å². The van der Waals surface area contributed by atoms with Crippen LogP contribution >= 0.6 is 0 Å². The zero-order chi connectivity index (χ0) is 28.9. The minimum Gasteiger partial charge on any atom is -0.390 e. The van der Waals surface area contributed by atoms with Gasteiger partial charge in [-0.2, -0.15) is 5.10 Å². The summed E-state index contributed by atoms with van der Waals surface area (Å²) in [6.45, 7) is 9.60. The Labute approximate surface area is 241 Å². The molecule has 1 saturated carbocycles. The number of hydrogen-bond donors (Lipinski definition) is 2. The van der Waals surface area contributed by atoms with E-state index in [1.807, 2.05) is 30.8 Å². The minimum absolute atomic E-state index is 0.0649. The Hall–Kier alpha value is -2.95. The van der Waals surface area contributed by atoms with Gasteiger partial charge in [0.15, 0.2) is 5.78 Å². The number of aromatic nitrogens is 2. The highest BCUT2D eigenvalue weighted by Gasteiger charge is 2.34. The average molecular weight is 548 g/mol. The molecule has 1 aliphatic heterocycles. The van der Waals surface area contributed by atoms with Crippen LogP contribution in [0.1, 0.15) is 107 Å². The van der Waals surface area contributed by atoms with Crippen molar-refractivity contribution in [1.82, 2.24) is 15.1 Å². The summed E-state index contributed by atoms with van der Waals surface area (Å²) in [4.78, 5) is 26.6. The van der Waals surface area contributed by atoms with Crippen LogP contribution in [0.5, 0.6) is 0 Å². The molecule has 1 aromatic heterocycles. The molecular weight excluding hydrogens is 498 g/mol. The molecule has 1 fully saturated rings. The molecule has 2 N–H and O–H groups in total. The van der Waals surface area contributed by atoms with Crippen molar-refractivity contribution < 1.29 is 14.7 Å².